The molecule has 3 aromatic rings. The number of nitrogens with zero attached hydrogens (tertiary/aromatic N) is 2. The second-order valence-corrected chi connectivity index (χ2v) is 7.22. The molecule has 0 saturated heterocycles. The van der Waals surface area contributed by atoms with Crippen LogP contribution in [0.25, 0.3) is 10.2 Å². The Morgan fingerprint density at radius 1 is 1.26 bits per heavy atom. The number of ether oxygens (including phenoxy) is 1. The Balaban J connectivity index is 1.94. The van der Waals surface area contributed by atoms with Gasteiger partial charge in [0, 0.05) is 0 Å². The molecule has 0 bridgehead atoms. The third-order valence-electron chi connectivity index (χ3n) is 4.20. The van der Waals surface area contributed by atoms with E-state index in [1.54, 1.807) is 6.07 Å². The van der Waals surface area contributed by atoms with E-state index in [-0.39, 0.29) is 22.1 Å². The van der Waals surface area contributed by atoms with Gasteiger partial charge in [-0.1, -0.05) is 23.5 Å². The molecule has 6 nitrogen and oxygen atoms in total. The molecule has 1 amide bonds. The normalized spacial score (nSPS) is 19.1. The summed E-state index contributed by atoms with van der Waals surface area (Å²) in [5.41, 5.74) is -1.89. The molecule has 0 spiro atoms. The van der Waals surface area contributed by atoms with Crippen molar-refractivity contribution in [3.05, 3.63) is 48.0 Å². The molecule has 1 aliphatic rings. The average Bonchev–Trinajstić information content (AvgIpc) is 3.01. The first-order chi connectivity index (χ1) is 12.8. The zero-order chi connectivity index (χ0) is 19.3. The summed E-state index contributed by atoms with van der Waals surface area (Å²) >= 11 is 0.998. The predicted octanol–water partition coefficient (Wildman–Crippen LogP) is 3.87. The number of carboxylic acids is 1. The zero-order valence-electron chi connectivity index (χ0n) is 13.9. The van der Waals surface area contributed by atoms with E-state index in [9.17, 15) is 23.5 Å². The van der Waals surface area contributed by atoms with Gasteiger partial charge >= 0.3 is 5.97 Å². The molecule has 4 rings (SSSR count). The number of hydrogen-bond acceptors (Lipinski definition) is 5. The van der Waals surface area contributed by atoms with Gasteiger partial charge in [-0.2, -0.15) is 0 Å². The summed E-state index contributed by atoms with van der Waals surface area (Å²) in [4.78, 5) is 29.5. The fourth-order valence-corrected chi connectivity index (χ4v) is 3.99. The molecule has 0 fully saturated rings. The Kier molecular flexibility index (Phi) is 3.84. The second kappa shape index (κ2) is 5.98. The Bertz CT molecular complexity index is 1100. The number of hydrogen-bond donors (Lipinski definition) is 1. The Hall–Kier alpha value is -3.07. The molecule has 1 N–H and O–H groups in total. The maximum absolute atomic E-state index is 14.5. The molecule has 1 unspecified atom stereocenters. The van der Waals surface area contributed by atoms with Gasteiger partial charge in [-0.15, -0.1) is 0 Å². The minimum Gasteiger partial charge on any atom is -0.481 e. The van der Waals surface area contributed by atoms with Crippen LogP contribution in [-0.4, -0.2) is 27.6 Å². The molecule has 0 saturated carbocycles. The van der Waals surface area contributed by atoms with Crippen LogP contribution in [0.15, 0.2) is 36.4 Å². The Morgan fingerprint density at radius 2 is 1.96 bits per heavy atom. The van der Waals surface area contributed by atoms with E-state index in [4.69, 9.17) is 4.74 Å². The van der Waals surface area contributed by atoms with Gasteiger partial charge in [0.1, 0.15) is 22.8 Å². The maximum Gasteiger partial charge on any atom is 0.307 e. The molecule has 138 valence electrons. The van der Waals surface area contributed by atoms with Gasteiger partial charge in [0.05, 0.1) is 11.1 Å². The first kappa shape index (κ1) is 17.3. The van der Waals surface area contributed by atoms with Crippen molar-refractivity contribution in [3.63, 3.8) is 0 Å². The summed E-state index contributed by atoms with van der Waals surface area (Å²) in [6.45, 7) is 1.32. The number of carboxylic acid groups (broad SMARTS) is 1. The van der Waals surface area contributed by atoms with Crippen LogP contribution in [0.3, 0.4) is 0 Å². The van der Waals surface area contributed by atoms with E-state index in [1.165, 1.54) is 31.2 Å². The first-order valence-electron chi connectivity index (χ1n) is 7.89. The molecule has 2 aromatic carbocycles. The smallest absolute Gasteiger partial charge is 0.307 e. The number of rotatable bonds is 3. The van der Waals surface area contributed by atoms with Gasteiger partial charge in [0.2, 0.25) is 0 Å². The number of benzene rings is 2. The van der Waals surface area contributed by atoms with Crippen LogP contribution in [0.2, 0.25) is 0 Å². The summed E-state index contributed by atoms with van der Waals surface area (Å²) in [5.74, 6) is -3.34. The van der Waals surface area contributed by atoms with Crippen molar-refractivity contribution >= 4 is 44.2 Å². The van der Waals surface area contributed by atoms with Crippen molar-refractivity contribution in [3.8, 4) is 5.75 Å². The van der Waals surface area contributed by atoms with Crippen molar-refractivity contribution in [2.75, 3.05) is 4.90 Å². The summed E-state index contributed by atoms with van der Waals surface area (Å²) in [6, 6.07) is 8.34. The molecule has 1 aliphatic heterocycles. The van der Waals surface area contributed by atoms with E-state index < -0.39 is 35.5 Å². The molecule has 0 aliphatic carbocycles. The standard InChI is InChI=1S/C18H12F2N2O4S/c1-18(8-13(23)24)16(25)22(15-10(20)5-2-6-11(15)26-18)17-21-14-9(19)4-3-7-12(14)27-17/h2-7H,8H2,1H3,(H,23,24). The largest absolute Gasteiger partial charge is 0.481 e. The quantitative estimate of drug-likeness (QED) is 0.735. The molecule has 0 radical (unpaired) electrons. The van der Waals surface area contributed by atoms with Crippen molar-refractivity contribution in [2.24, 2.45) is 0 Å². The van der Waals surface area contributed by atoms with Crippen LogP contribution in [-0.2, 0) is 9.59 Å². The third kappa shape index (κ3) is 2.71. The van der Waals surface area contributed by atoms with Crippen LogP contribution in [0, 0.1) is 11.6 Å². The second-order valence-electron chi connectivity index (χ2n) is 6.21. The minimum absolute atomic E-state index is 0.0121. The lowest BCUT2D eigenvalue weighted by atomic mass is 9.97. The van der Waals surface area contributed by atoms with Crippen LogP contribution in [0.5, 0.6) is 5.75 Å². The van der Waals surface area contributed by atoms with Gasteiger partial charge in [0.25, 0.3) is 5.91 Å². The van der Waals surface area contributed by atoms with Crippen LogP contribution >= 0.6 is 11.3 Å². The van der Waals surface area contributed by atoms with Crippen LogP contribution in [0.1, 0.15) is 13.3 Å². The van der Waals surface area contributed by atoms with Gasteiger partial charge in [-0.05, 0) is 31.2 Å². The highest BCUT2D eigenvalue weighted by Crippen LogP contribution is 2.46. The van der Waals surface area contributed by atoms with Gasteiger partial charge in [-0.25, -0.2) is 18.7 Å². The topological polar surface area (TPSA) is 79.7 Å². The fraction of sp³-hybridized carbons (Fsp3) is 0.167. The lowest BCUT2D eigenvalue weighted by Gasteiger charge is -2.38. The van der Waals surface area contributed by atoms with Crippen molar-refractivity contribution in [1.82, 2.24) is 4.98 Å². The molecular weight excluding hydrogens is 378 g/mol. The van der Waals surface area contributed by atoms with E-state index in [2.05, 4.69) is 4.98 Å². The highest BCUT2D eigenvalue weighted by molar-refractivity contribution is 7.22. The number of para-hydroxylation sites is 2. The van der Waals surface area contributed by atoms with Crippen molar-refractivity contribution in [2.45, 2.75) is 18.9 Å². The number of fused-ring (bicyclic) bond motifs is 2. The summed E-state index contributed by atoms with van der Waals surface area (Å²) in [7, 11) is 0. The van der Waals surface area contributed by atoms with Crippen LogP contribution < -0.4 is 9.64 Å². The van der Waals surface area contributed by atoms with Crippen molar-refractivity contribution < 1.29 is 28.2 Å². The molecule has 2 heterocycles. The number of halogens is 2. The average molecular weight is 390 g/mol. The van der Waals surface area contributed by atoms with E-state index in [1.807, 2.05) is 0 Å². The van der Waals surface area contributed by atoms with E-state index >= 15 is 0 Å². The molecule has 9 heteroatoms. The number of aromatic nitrogens is 1. The lowest BCUT2D eigenvalue weighted by molar-refractivity contribution is -0.148. The number of carbonyl (C=O) groups is 2. The SMILES string of the molecule is CC1(CC(=O)O)Oc2cccc(F)c2N(c2nc3c(F)cccc3s2)C1=O. The number of thiazole rings is 1. The number of amides is 1. The third-order valence-corrected chi connectivity index (χ3v) is 5.21. The van der Waals surface area contributed by atoms with Gasteiger partial charge in [-0.3, -0.25) is 9.59 Å². The molecular formula is C18H12F2N2O4S. The Morgan fingerprint density at radius 3 is 2.67 bits per heavy atom. The molecule has 1 aromatic heterocycles. The van der Waals surface area contributed by atoms with Gasteiger partial charge in [0.15, 0.2) is 16.5 Å². The summed E-state index contributed by atoms with van der Waals surface area (Å²) in [5, 5.41) is 9.21. The highest BCUT2D eigenvalue weighted by atomic mass is 32.1. The fourth-order valence-electron chi connectivity index (χ4n) is 3.00. The molecule has 27 heavy (non-hydrogen) atoms. The predicted molar refractivity (Wildman–Crippen MR) is 94.4 cm³/mol. The number of aliphatic carboxylic acids is 1. The summed E-state index contributed by atoms with van der Waals surface area (Å²) in [6.07, 6.45) is -0.627. The minimum atomic E-state index is -1.76. The van der Waals surface area contributed by atoms with Crippen LogP contribution in [0.4, 0.5) is 19.6 Å². The summed E-state index contributed by atoms with van der Waals surface area (Å²) < 4.78 is 34.6. The monoisotopic (exact) mass is 390 g/mol. The Labute approximate surface area is 155 Å². The first-order valence-corrected chi connectivity index (χ1v) is 8.71. The lowest BCUT2D eigenvalue weighted by Crippen LogP contribution is -2.54. The van der Waals surface area contributed by atoms with E-state index in [0.29, 0.717) is 4.70 Å². The number of anilines is 2. The molecule has 1 atom stereocenters. The van der Waals surface area contributed by atoms with Gasteiger partial charge < -0.3 is 9.84 Å². The van der Waals surface area contributed by atoms with E-state index in [0.717, 1.165) is 22.3 Å². The number of carbonyl (C=O) groups excluding carboxylic acids is 1. The van der Waals surface area contributed by atoms with Crippen molar-refractivity contribution in [1.29, 1.82) is 0 Å². The zero-order valence-corrected chi connectivity index (χ0v) is 14.7. The maximum atomic E-state index is 14.5. The highest BCUT2D eigenvalue weighted by Gasteiger charge is 2.48.